The summed E-state index contributed by atoms with van der Waals surface area (Å²) >= 11 is 0. The van der Waals surface area contributed by atoms with E-state index >= 15 is 0 Å². The molecule has 3 nitrogen and oxygen atoms in total. The molecular weight excluding hydrogens is 319 g/mol. The fourth-order valence-corrected chi connectivity index (χ4v) is 2.30. The fourth-order valence-electron chi connectivity index (χ4n) is 2.30. The van der Waals surface area contributed by atoms with Crippen molar-refractivity contribution in [2.45, 2.75) is 25.1 Å². The van der Waals surface area contributed by atoms with Gasteiger partial charge in [0.25, 0.3) is 0 Å². The molecule has 0 aliphatic rings. The summed E-state index contributed by atoms with van der Waals surface area (Å²) in [5.41, 5.74) is 0.737. The van der Waals surface area contributed by atoms with E-state index in [4.69, 9.17) is 0 Å². The molecular formula is C18H18F3NO2. The molecule has 128 valence electrons. The molecule has 0 aliphatic carbocycles. The summed E-state index contributed by atoms with van der Waals surface area (Å²) in [7, 11) is 0. The molecule has 0 saturated carbocycles. The third-order valence-electron chi connectivity index (χ3n) is 3.64. The highest BCUT2D eigenvalue weighted by atomic mass is 19.4. The van der Waals surface area contributed by atoms with Gasteiger partial charge in [0.2, 0.25) is 5.91 Å². The number of nitrogens with one attached hydrogen (secondary N) is 1. The first-order valence-corrected chi connectivity index (χ1v) is 7.51. The van der Waals surface area contributed by atoms with Crippen molar-refractivity contribution in [1.29, 1.82) is 0 Å². The van der Waals surface area contributed by atoms with Gasteiger partial charge in [0.05, 0.1) is 18.2 Å². The maximum Gasteiger partial charge on any atom is 0.416 e. The van der Waals surface area contributed by atoms with Crippen molar-refractivity contribution in [1.82, 2.24) is 5.32 Å². The van der Waals surface area contributed by atoms with Crippen molar-refractivity contribution in [3.05, 3.63) is 71.3 Å². The van der Waals surface area contributed by atoms with Crippen LogP contribution in [0.5, 0.6) is 0 Å². The lowest BCUT2D eigenvalue weighted by Gasteiger charge is -2.16. The number of carbonyl (C=O) groups is 1. The normalized spacial score (nSPS) is 12.7. The molecule has 0 aliphatic heterocycles. The van der Waals surface area contributed by atoms with E-state index in [1.807, 2.05) is 18.2 Å². The molecule has 0 radical (unpaired) electrons. The Kier molecular flexibility index (Phi) is 5.98. The van der Waals surface area contributed by atoms with E-state index in [-0.39, 0.29) is 18.9 Å². The summed E-state index contributed by atoms with van der Waals surface area (Å²) in [6.45, 7) is -0.226. The van der Waals surface area contributed by atoms with Crippen molar-refractivity contribution in [3.8, 4) is 0 Å². The van der Waals surface area contributed by atoms with Gasteiger partial charge in [0.15, 0.2) is 0 Å². The topological polar surface area (TPSA) is 49.3 Å². The second-order valence-electron chi connectivity index (χ2n) is 5.41. The van der Waals surface area contributed by atoms with Crippen LogP contribution in [-0.4, -0.2) is 17.6 Å². The fraction of sp³-hybridized carbons (Fsp3) is 0.278. The number of rotatable bonds is 6. The van der Waals surface area contributed by atoms with E-state index in [1.165, 1.54) is 12.1 Å². The van der Waals surface area contributed by atoms with Gasteiger partial charge in [0, 0.05) is 6.42 Å². The summed E-state index contributed by atoms with van der Waals surface area (Å²) in [5.74, 6) is -0.266. The number of hydrogen-bond acceptors (Lipinski definition) is 2. The van der Waals surface area contributed by atoms with E-state index < -0.39 is 17.8 Å². The van der Waals surface area contributed by atoms with E-state index in [1.54, 1.807) is 12.1 Å². The van der Waals surface area contributed by atoms with Crippen LogP contribution in [0.4, 0.5) is 13.2 Å². The number of aryl methyl sites for hydroxylation is 1. The smallest absolute Gasteiger partial charge is 0.394 e. The molecule has 2 aromatic carbocycles. The molecule has 24 heavy (non-hydrogen) atoms. The summed E-state index contributed by atoms with van der Waals surface area (Å²) in [6.07, 6.45) is -3.90. The second kappa shape index (κ2) is 7.97. The first-order valence-electron chi connectivity index (χ1n) is 7.51. The third-order valence-corrected chi connectivity index (χ3v) is 3.64. The minimum atomic E-state index is -4.36. The van der Waals surface area contributed by atoms with Gasteiger partial charge in [-0.15, -0.1) is 0 Å². The Labute approximate surface area is 138 Å². The monoisotopic (exact) mass is 337 g/mol. The Morgan fingerprint density at radius 2 is 1.67 bits per heavy atom. The molecule has 1 amide bonds. The molecule has 2 N–H and O–H groups in total. The standard InChI is InChI=1S/C18H18F3NO2/c19-18(20,21)15-9-6-13(7-10-15)8-11-17(24)22-16(12-23)14-4-2-1-3-5-14/h1-7,9-10,16,23H,8,11-12H2,(H,22,24). The average Bonchev–Trinajstić information content (AvgIpc) is 2.58. The molecule has 0 aromatic heterocycles. The molecule has 2 aromatic rings. The van der Waals surface area contributed by atoms with Crippen molar-refractivity contribution < 1.29 is 23.1 Å². The van der Waals surface area contributed by atoms with Crippen LogP contribution in [0.1, 0.15) is 29.2 Å². The van der Waals surface area contributed by atoms with Gasteiger partial charge in [-0.2, -0.15) is 13.2 Å². The maximum absolute atomic E-state index is 12.5. The van der Waals surface area contributed by atoms with Crippen LogP contribution >= 0.6 is 0 Å². The quantitative estimate of drug-likeness (QED) is 0.848. The number of carbonyl (C=O) groups excluding carboxylic acids is 1. The lowest BCUT2D eigenvalue weighted by atomic mass is 10.1. The summed E-state index contributed by atoms with van der Waals surface area (Å²) in [5, 5.41) is 12.1. The zero-order chi connectivity index (χ0) is 17.6. The van der Waals surface area contributed by atoms with Crippen LogP contribution in [-0.2, 0) is 17.4 Å². The minimum Gasteiger partial charge on any atom is -0.394 e. The van der Waals surface area contributed by atoms with E-state index in [0.717, 1.165) is 17.7 Å². The van der Waals surface area contributed by atoms with Crippen molar-refractivity contribution >= 4 is 5.91 Å². The van der Waals surface area contributed by atoms with Crippen LogP contribution in [0.2, 0.25) is 0 Å². The van der Waals surface area contributed by atoms with Gasteiger partial charge in [-0.25, -0.2) is 0 Å². The van der Waals surface area contributed by atoms with E-state index in [0.29, 0.717) is 12.0 Å². The van der Waals surface area contributed by atoms with Gasteiger partial charge in [-0.1, -0.05) is 42.5 Å². The molecule has 1 unspecified atom stereocenters. The van der Waals surface area contributed by atoms with E-state index in [2.05, 4.69) is 5.32 Å². The SMILES string of the molecule is O=C(CCc1ccc(C(F)(F)F)cc1)NC(CO)c1ccccc1. The largest absolute Gasteiger partial charge is 0.416 e. The van der Waals surface area contributed by atoms with Crippen molar-refractivity contribution in [3.63, 3.8) is 0 Å². The lowest BCUT2D eigenvalue weighted by molar-refractivity contribution is -0.137. The highest BCUT2D eigenvalue weighted by Gasteiger charge is 2.29. The Morgan fingerprint density at radius 3 is 2.21 bits per heavy atom. The molecule has 6 heteroatoms. The van der Waals surface area contributed by atoms with Crippen molar-refractivity contribution in [2.75, 3.05) is 6.61 Å². The highest BCUT2D eigenvalue weighted by molar-refractivity contribution is 5.76. The van der Waals surface area contributed by atoms with Gasteiger partial charge in [0.1, 0.15) is 0 Å². The predicted molar refractivity (Wildman–Crippen MR) is 84.2 cm³/mol. The van der Waals surface area contributed by atoms with Crippen LogP contribution in [0.3, 0.4) is 0 Å². The molecule has 2 rings (SSSR count). The van der Waals surface area contributed by atoms with Crippen LogP contribution < -0.4 is 5.32 Å². The zero-order valence-corrected chi connectivity index (χ0v) is 12.9. The van der Waals surface area contributed by atoms with Crippen molar-refractivity contribution in [2.24, 2.45) is 0 Å². The molecule has 0 spiro atoms. The first-order chi connectivity index (χ1) is 11.4. The number of alkyl halides is 3. The highest BCUT2D eigenvalue weighted by Crippen LogP contribution is 2.29. The number of amides is 1. The Bertz CT molecular complexity index is 654. The summed E-state index contributed by atoms with van der Waals surface area (Å²) in [4.78, 5) is 12.0. The Hall–Kier alpha value is -2.34. The lowest BCUT2D eigenvalue weighted by Crippen LogP contribution is -2.30. The van der Waals surface area contributed by atoms with Gasteiger partial charge < -0.3 is 10.4 Å². The second-order valence-corrected chi connectivity index (χ2v) is 5.41. The summed E-state index contributed by atoms with van der Waals surface area (Å²) < 4.78 is 37.5. The van der Waals surface area contributed by atoms with Gasteiger partial charge in [-0.05, 0) is 29.7 Å². The number of hydrogen-bond donors (Lipinski definition) is 2. The van der Waals surface area contributed by atoms with Crippen LogP contribution in [0, 0.1) is 0 Å². The molecule has 1 atom stereocenters. The van der Waals surface area contributed by atoms with Crippen LogP contribution in [0.25, 0.3) is 0 Å². The first kappa shape index (κ1) is 18.0. The summed E-state index contributed by atoms with van der Waals surface area (Å²) in [6, 6.07) is 13.3. The molecule has 0 fully saturated rings. The van der Waals surface area contributed by atoms with Crippen LogP contribution in [0.15, 0.2) is 54.6 Å². The molecule has 0 saturated heterocycles. The van der Waals surface area contributed by atoms with Gasteiger partial charge in [-0.3, -0.25) is 4.79 Å². The molecule has 0 bridgehead atoms. The number of halogens is 3. The number of aliphatic hydroxyl groups is 1. The predicted octanol–water partition coefficient (Wildman–Crippen LogP) is 3.49. The number of benzene rings is 2. The maximum atomic E-state index is 12.5. The van der Waals surface area contributed by atoms with Gasteiger partial charge >= 0.3 is 6.18 Å². The molecule has 0 heterocycles. The Morgan fingerprint density at radius 1 is 1.04 bits per heavy atom. The van der Waals surface area contributed by atoms with E-state index in [9.17, 15) is 23.1 Å². The minimum absolute atomic E-state index is 0.134. The zero-order valence-electron chi connectivity index (χ0n) is 12.9. The Balaban J connectivity index is 1.88. The average molecular weight is 337 g/mol. The number of aliphatic hydroxyl groups excluding tert-OH is 1. The third kappa shape index (κ3) is 5.09.